The third-order valence-electron chi connectivity index (χ3n) is 4.76. The van der Waals surface area contributed by atoms with Gasteiger partial charge in [0.05, 0.1) is 10.6 Å². The highest BCUT2D eigenvalue weighted by atomic mass is 35.5. The highest BCUT2D eigenvalue weighted by Gasteiger charge is 2.23. The number of aromatic nitrogens is 2. The third kappa shape index (κ3) is 5.76. The number of nitrogens with one attached hydrogen (secondary N) is 1. The number of rotatable bonds is 8. The van der Waals surface area contributed by atoms with Gasteiger partial charge in [0.25, 0.3) is 15.9 Å². The van der Waals surface area contributed by atoms with Crippen LogP contribution in [0.3, 0.4) is 0 Å². The lowest BCUT2D eigenvalue weighted by Crippen LogP contribution is -2.26. The van der Waals surface area contributed by atoms with E-state index in [1.54, 1.807) is 30.3 Å². The SMILES string of the molecule is CN(c1cccc(Cl)c1)S(=O)(=O)c1cccc(C(=O)Nc2nnc(SCc3ccccc3)s2)c1. The van der Waals surface area contributed by atoms with Gasteiger partial charge in [-0.15, -0.1) is 10.2 Å². The van der Waals surface area contributed by atoms with Gasteiger partial charge in [0.1, 0.15) is 0 Å². The number of anilines is 2. The molecule has 0 atom stereocenters. The molecule has 4 aromatic rings. The number of benzene rings is 3. The Labute approximate surface area is 210 Å². The Hall–Kier alpha value is -2.92. The van der Waals surface area contributed by atoms with Crippen LogP contribution < -0.4 is 9.62 Å². The third-order valence-corrected chi connectivity index (χ3v) is 8.82. The zero-order chi connectivity index (χ0) is 24.1. The molecule has 0 saturated carbocycles. The molecule has 7 nitrogen and oxygen atoms in total. The van der Waals surface area contributed by atoms with Crippen LogP contribution >= 0.6 is 34.7 Å². The van der Waals surface area contributed by atoms with Crippen molar-refractivity contribution in [3.8, 4) is 0 Å². The average Bonchev–Trinajstić information content (AvgIpc) is 3.30. The minimum atomic E-state index is -3.90. The predicted molar refractivity (Wildman–Crippen MR) is 137 cm³/mol. The van der Waals surface area contributed by atoms with Crippen molar-refractivity contribution in [1.82, 2.24) is 10.2 Å². The van der Waals surface area contributed by atoms with Crippen LogP contribution in [0.2, 0.25) is 5.02 Å². The van der Waals surface area contributed by atoms with Crippen LogP contribution in [0.5, 0.6) is 0 Å². The van der Waals surface area contributed by atoms with E-state index >= 15 is 0 Å². The summed E-state index contributed by atoms with van der Waals surface area (Å²) < 4.78 is 28.0. The molecule has 0 aliphatic heterocycles. The summed E-state index contributed by atoms with van der Waals surface area (Å²) in [4.78, 5) is 12.7. The van der Waals surface area contributed by atoms with E-state index in [2.05, 4.69) is 15.5 Å². The second-order valence-electron chi connectivity index (χ2n) is 7.08. The fraction of sp³-hybridized carbons (Fsp3) is 0.0870. The Morgan fingerprint density at radius 2 is 1.79 bits per heavy atom. The first-order valence-electron chi connectivity index (χ1n) is 9.99. The van der Waals surface area contributed by atoms with Gasteiger partial charge in [-0.25, -0.2) is 8.42 Å². The zero-order valence-corrected chi connectivity index (χ0v) is 21.1. The molecule has 0 saturated heterocycles. The topological polar surface area (TPSA) is 92.3 Å². The van der Waals surface area contributed by atoms with Crippen LogP contribution in [0.1, 0.15) is 15.9 Å². The van der Waals surface area contributed by atoms with E-state index in [1.165, 1.54) is 48.3 Å². The summed E-state index contributed by atoms with van der Waals surface area (Å²) in [5.41, 5.74) is 1.76. The molecule has 0 aliphatic carbocycles. The molecule has 11 heteroatoms. The lowest BCUT2D eigenvalue weighted by molar-refractivity contribution is 0.102. The number of amides is 1. The van der Waals surface area contributed by atoms with Crippen molar-refractivity contribution in [2.45, 2.75) is 15.0 Å². The molecule has 1 heterocycles. The molecule has 174 valence electrons. The van der Waals surface area contributed by atoms with Crippen LogP contribution in [-0.4, -0.2) is 31.6 Å². The van der Waals surface area contributed by atoms with Crippen LogP contribution in [0, 0.1) is 0 Å². The highest BCUT2D eigenvalue weighted by Crippen LogP contribution is 2.29. The van der Waals surface area contributed by atoms with Gasteiger partial charge >= 0.3 is 0 Å². The molecular formula is C23H19ClN4O3S3. The number of carbonyl (C=O) groups excluding carboxylic acids is 1. The first kappa shape index (κ1) is 24.2. The number of nitrogens with zero attached hydrogens (tertiary/aromatic N) is 3. The minimum Gasteiger partial charge on any atom is -0.296 e. The monoisotopic (exact) mass is 530 g/mol. The number of thioether (sulfide) groups is 1. The van der Waals surface area contributed by atoms with Crippen molar-refractivity contribution in [1.29, 1.82) is 0 Å². The lowest BCUT2D eigenvalue weighted by Gasteiger charge is -2.20. The maximum Gasteiger partial charge on any atom is 0.264 e. The quantitative estimate of drug-likeness (QED) is 0.237. The molecule has 0 bridgehead atoms. The molecule has 1 aromatic heterocycles. The molecule has 4 rings (SSSR count). The van der Waals surface area contributed by atoms with Crippen molar-refractivity contribution in [3.05, 3.63) is 95.0 Å². The van der Waals surface area contributed by atoms with E-state index in [4.69, 9.17) is 11.6 Å². The predicted octanol–water partition coefficient (Wildman–Crippen LogP) is 5.56. The van der Waals surface area contributed by atoms with Crippen molar-refractivity contribution >= 4 is 61.4 Å². The van der Waals surface area contributed by atoms with E-state index < -0.39 is 15.9 Å². The Morgan fingerprint density at radius 1 is 1.03 bits per heavy atom. The van der Waals surface area contributed by atoms with Gasteiger partial charge in [-0.1, -0.05) is 77.2 Å². The van der Waals surface area contributed by atoms with Crippen molar-refractivity contribution < 1.29 is 13.2 Å². The Morgan fingerprint density at radius 3 is 2.56 bits per heavy atom. The molecule has 1 amide bonds. The molecule has 3 aromatic carbocycles. The summed E-state index contributed by atoms with van der Waals surface area (Å²) in [6, 6.07) is 22.3. The van der Waals surface area contributed by atoms with E-state index in [-0.39, 0.29) is 10.5 Å². The van der Waals surface area contributed by atoms with Crippen LogP contribution in [0.15, 0.2) is 88.1 Å². The number of halogens is 1. The average molecular weight is 531 g/mol. The fourth-order valence-electron chi connectivity index (χ4n) is 2.97. The van der Waals surface area contributed by atoms with Gasteiger partial charge in [-0.2, -0.15) is 0 Å². The van der Waals surface area contributed by atoms with Gasteiger partial charge in [-0.05, 0) is 42.0 Å². The normalized spacial score (nSPS) is 11.2. The Kier molecular flexibility index (Phi) is 7.52. The summed E-state index contributed by atoms with van der Waals surface area (Å²) in [6.45, 7) is 0. The molecule has 0 fully saturated rings. The molecule has 0 radical (unpaired) electrons. The molecule has 34 heavy (non-hydrogen) atoms. The molecule has 0 unspecified atom stereocenters. The number of hydrogen-bond donors (Lipinski definition) is 1. The maximum atomic E-state index is 13.1. The van der Waals surface area contributed by atoms with E-state index in [0.717, 1.165) is 20.0 Å². The van der Waals surface area contributed by atoms with Crippen LogP contribution in [0.4, 0.5) is 10.8 Å². The number of hydrogen-bond acceptors (Lipinski definition) is 7. The summed E-state index contributed by atoms with van der Waals surface area (Å²) >= 11 is 8.78. The summed E-state index contributed by atoms with van der Waals surface area (Å²) in [6.07, 6.45) is 0. The van der Waals surface area contributed by atoms with Crippen LogP contribution in [-0.2, 0) is 15.8 Å². The first-order valence-corrected chi connectivity index (χ1v) is 13.6. The van der Waals surface area contributed by atoms with E-state index in [9.17, 15) is 13.2 Å². The van der Waals surface area contributed by atoms with Gasteiger partial charge in [0, 0.05) is 23.4 Å². The van der Waals surface area contributed by atoms with Crippen molar-refractivity contribution in [2.75, 3.05) is 16.7 Å². The van der Waals surface area contributed by atoms with Gasteiger partial charge in [0.15, 0.2) is 4.34 Å². The maximum absolute atomic E-state index is 13.1. The van der Waals surface area contributed by atoms with Gasteiger partial charge < -0.3 is 0 Å². The number of carbonyl (C=O) groups is 1. The standard InChI is InChI=1S/C23H19ClN4O3S3/c1-28(19-11-6-10-18(24)14-19)34(30,31)20-12-5-9-17(13-20)21(29)25-22-26-27-23(33-22)32-15-16-7-3-2-4-8-16/h2-14H,15H2,1H3,(H,25,26,29). The highest BCUT2D eigenvalue weighted by molar-refractivity contribution is 8.00. The summed E-state index contributed by atoms with van der Waals surface area (Å²) in [5.74, 6) is 0.266. The number of sulfonamides is 1. The summed E-state index contributed by atoms with van der Waals surface area (Å²) in [7, 11) is -2.47. The summed E-state index contributed by atoms with van der Waals surface area (Å²) in [5, 5.41) is 11.6. The van der Waals surface area contributed by atoms with E-state index in [0.29, 0.717) is 15.8 Å². The molecule has 0 aliphatic rings. The minimum absolute atomic E-state index is 0.0148. The first-order chi connectivity index (χ1) is 16.3. The van der Waals surface area contributed by atoms with E-state index in [1.807, 2.05) is 30.3 Å². The lowest BCUT2D eigenvalue weighted by atomic mass is 10.2. The molecule has 0 spiro atoms. The van der Waals surface area contributed by atoms with Crippen LogP contribution in [0.25, 0.3) is 0 Å². The zero-order valence-electron chi connectivity index (χ0n) is 17.9. The largest absolute Gasteiger partial charge is 0.296 e. The Bertz CT molecular complexity index is 1410. The van der Waals surface area contributed by atoms with Gasteiger partial charge in [0.2, 0.25) is 5.13 Å². The Balaban J connectivity index is 1.45. The van der Waals surface area contributed by atoms with Crippen molar-refractivity contribution in [3.63, 3.8) is 0 Å². The second kappa shape index (κ2) is 10.6. The fourth-order valence-corrected chi connectivity index (χ4v) is 6.10. The van der Waals surface area contributed by atoms with Gasteiger partial charge in [-0.3, -0.25) is 14.4 Å². The molecular weight excluding hydrogens is 512 g/mol. The van der Waals surface area contributed by atoms with Crippen molar-refractivity contribution in [2.24, 2.45) is 0 Å². The smallest absolute Gasteiger partial charge is 0.264 e. The molecule has 1 N–H and O–H groups in total. The second-order valence-corrected chi connectivity index (χ2v) is 11.7.